The number of carbonyl (C=O) groups excluding carboxylic acids is 3. The molecule has 1 spiro atoms. The summed E-state index contributed by atoms with van der Waals surface area (Å²) in [5.41, 5.74) is 0.955. The average Bonchev–Trinajstić information content (AvgIpc) is 3.41. The van der Waals surface area contributed by atoms with Gasteiger partial charge in [0.25, 0.3) is 0 Å². The number of benzene rings is 1. The lowest BCUT2D eigenvalue weighted by Crippen LogP contribution is -2.65. The fraction of sp³-hybridized carbons (Fsp3) is 0.719. The SMILES string of the molecule is COC(=O)C(NC(=O)[C@@H]1CN(Cc2ccccc2)CC12CN(C(=O)[C@H]1CC1(C)C)C2)C(C)OCC1CCCCC1. The summed E-state index contributed by atoms with van der Waals surface area (Å²) < 4.78 is 11.2. The van der Waals surface area contributed by atoms with Gasteiger partial charge in [0.15, 0.2) is 6.04 Å². The fourth-order valence-corrected chi connectivity index (χ4v) is 7.18. The zero-order valence-electron chi connectivity index (χ0n) is 24.7. The molecule has 220 valence electrons. The van der Waals surface area contributed by atoms with Gasteiger partial charge in [-0.3, -0.25) is 14.5 Å². The van der Waals surface area contributed by atoms with E-state index in [0.717, 1.165) is 32.4 Å². The molecule has 4 aliphatic rings. The standard InChI is InChI=1S/C32H47N3O5/c1-22(40-18-24-13-9-6-10-14-24)27(30(38)39-4)33-28(36)26-17-34(16-23-11-7-5-8-12-23)19-32(26)20-35(21-32)29(37)25-15-31(25,2)3/h5,7-8,11-12,22,24-27H,6,9-10,13-21H2,1-4H3,(H,33,36)/t22?,25-,26+,27?/m1/s1. The van der Waals surface area contributed by atoms with Crippen LogP contribution in [0.5, 0.6) is 0 Å². The molecular formula is C32H47N3O5. The number of likely N-dealkylation sites (tertiary alicyclic amines) is 2. The Labute approximate surface area is 239 Å². The molecule has 2 saturated heterocycles. The van der Waals surface area contributed by atoms with Crippen molar-refractivity contribution in [3.63, 3.8) is 0 Å². The largest absolute Gasteiger partial charge is 0.467 e. The monoisotopic (exact) mass is 553 g/mol. The normalized spacial score (nSPS) is 27.1. The third-order valence-corrected chi connectivity index (χ3v) is 9.96. The fourth-order valence-electron chi connectivity index (χ4n) is 7.18. The van der Waals surface area contributed by atoms with E-state index in [-0.39, 0.29) is 34.5 Å². The lowest BCUT2D eigenvalue weighted by molar-refractivity contribution is -0.155. The second-order valence-electron chi connectivity index (χ2n) is 13.6. The number of methoxy groups -OCH3 is 1. The highest BCUT2D eigenvalue weighted by Crippen LogP contribution is 2.54. The highest BCUT2D eigenvalue weighted by molar-refractivity contribution is 5.88. The number of rotatable bonds is 10. The molecule has 40 heavy (non-hydrogen) atoms. The summed E-state index contributed by atoms with van der Waals surface area (Å²) in [5.74, 6) is -0.162. The van der Waals surface area contributed by atoms with Crippen molar-refractivity contribution in [1.82, 2.24) is 15.1 Å². The van der Waals surface area contributed by atoms with Crippen LogP contribution in [0.3, 0.4) is 0 Å². The highest BCUT2D eigenvalue weighted by Gasteiger charge is 2.61. The van der Waals surface area contributed by atoms with E-state index in [4.69, 9.17) is 9.47 Å². The molecule has 1 aromatic carbocycles. The molecule has 4 fully saturated rings. The molecule has 0 radical (unpaired) electrons. The number of nitrogens with one attached hydrogen (secondary N) is 1. The molecule has 8 heteroatoms. The van der Waals surface area contributed by atoms with Crippen LogP contribution < -0.4 is 5.32 Å². The first kappa shape index (κ1) is 29.1. The van der Waals surface area contributed by atoms with Crippen LogP contribution in [0.4, 0.5) is 0 Å². The summed E-state index contributed by atoms with van der Waals surface area (Å²) in [4.78, 5) is 44.1. The van der Waals surface area contributed by atoms with E-state index in [1.165, 1.54) is 31.9 Å². The van der Waals surface area contributed by atoms with Crippen molar-refractivity contribution < 1.29 is 23.9 Å². The number of hydrogen-bond donors (Lipinski definition) is 1. The molecule has 4 atom stereocenters. The van der Waals surface area contributed by atoms with E-state index in [2.05, 4.69) is 36.2 Å². The van der Waals surface area contributed by atoms with Crippen molar-refractivity contribution in [3.05, 3.63) is 35.9 Å². The third kappa shape index (κ3) is 6.23. The van der Waals surface area contributed by atoms with E-state index in [1.54, 1.807) is 0 Å². The van der Waals surface area contributed by atoms with Crippen molar-refractivity contribution in [1.29, 1.82) is 0 Å². The van der Waals surface area contributed by atoms with Gasteiger partial charge in [-0.1, -0.05) is 63.4 Å². The summed E-state index contributed by atoms with van der Waals surface area (Å²) in [7, 11) is 1.35. The molecule has 8 nitrogen and oxygen atoms in total. The van der Waals surface area contributed by atoms with Crippen LogP contribution in [0.1, 0.15) is 64.9 Å². The van der Waals surface area contributed by atoms with E-state index in [9.17, 15) is 14.4 Å². The minimum atomic E-state index is -0.869. The molecule has 2 aliphatic heterocycles. The number of nitrogens with zero attached hydrogens (tertiary/aromatic N) is 2. The zero-order valence-corrected chi connectivity index (χ0v) is 24.7. The Morgan fingerprint density at radius 1 is 1.02 bits per heavy atom. The van der Waals surface area contributed by atoms with Gasteiger partial charge in [0.1, 0.15) is 0 Å². The van der Waals surface area contributed by atoms with Gasteiger partial charge in [-0.15, -0.1) is 0 Å². The summed E-state index contributed by atoms with van der Waals surface area (Å²) >= 11 is 0. The Bertz CT molecular complexity index is 1060. The van der Waals surface area contributed by atoms with Crippen molar-refractivity contribution in [2.24, 2.45) is 28.6 Å². The van der Waals surface area contributed by atoms with Crippen LogP contribution in [-0.4, -0.2) is 79.6 Å². The maximum Gasteiger partial charge on any atom is 0.331 e. The molecular weight excluding hydrogens is 506 g/mol. The van der Waals surface area contributed by atoms with Gasteiger partial charge in [0.05, 0.1) is 19.1 Å². The van der Waals surface area contributed by atoms with Crippen LogP contribution in [0.25, 0.3) is 0 Å². The minimum absolute atomic E-state index is 0.0765. The van der Waals surface area contributed by atoms with Gasteiger partial charge < -0.3 is 19.7 Å². The van der Waals surface area contributed by atoms with Gasteiger partial charge in [-0.2, -0.15) is 0 Å². The smallest absolute Gasteiger partial charge is 0.331 e. The Kier molecular flexibility index (Phi) is 8.58. The second kappa shape index (κ2) is 11.8. The topological polar surface area (TPSA) is 88.2 Å². The first-order valence-corrected chi connectivity index (χ1v) is 15.2. The van der Waals surface area contributed by atoms with Crippen LogP contribution in [0, 0.1) is 28.6 Å². The number of hydrogen-bond acceptors (Lipinski definition) is 6. The molecule has 0 bridgehead atoms. The number of esters is 1. The number of carbonyl (C=O) groups is 3. The molecule has 0 aromatic heterocycles. The molecule has 1 aromatic rings. The average molecular weight is 554 g/mol. The molecule has 1 N–H and O–H groups in total. The quantitative estimate of drug-likeness (QED) is 0.445. The molecule has 5 rings (SSSR count). The van der Waals surface area contributed by atoms with Crippen molar-refractivity contribution in [2.45, 2.75) is 78.0 Å². The Balaban J connectivity index is 1.27. The Morgan fingerprint density at radius 3 is 2.33 bits per heavy atom. The van der Waals surface area contributed by atoms with Gasteiger partial charge in [0, 0.05) is 50.7 Å². The molecule has 2 amide bonds. The number of ether oxygens (including phenoxy) is 2. The Hall–Kier alpha value is -2.45. The van der Waals surface area contributed by atoms with Gasteiger partial charge in [-0.05, 0) is 43.1 Å². The predicted molar refractivity (Wildman–Crippen MR) is 152 cm³/mol. The third-order valence-electron chi connectivity index (χ3n) is 9.96. The van der Waals surface area contributed by atoms with Crippen LogP contribution >= 0.6 is 0 Å². The van der Waals surface area contributed by atoms with Crippen molar-refractivity contribution >= 4 is 17.8 Å². The van der Waals surface area contributed by atoms with E-state index < -0.39 is 18.1 Å². The molecule has 2 aliphatic carbocycles. The first-order valence-electron chi connectivity index (χ1n) is 15.2. The maximum absolute atomic E-state index is 13.9. The Morgan fingerprint density at radius 2 is 1.70 bits per heavy atom. The van der Waals surface area contributed by atoms with Crippen LogP contribution in [-0.2, 0) is 30.4 Å². The number of amides is 2. The highest BCUT2D eigenvalue weighted by atomic mass is 16.5. The van der Waals surface area contributed by atoms with Crippen LogP contribution in [0.15, 0.2) is 30.3 Å². The zero-order chi connectivity index (χ0) is 28.5. The first-order chi connectivity index (χ1) is 19.1. The minimum Gasteiger partial charge on any atom is -0.467 e. The lowest BCUT2D eigenvalue weighted by Gasteiger charge is -2.51. The van der Waals surface area contributed by atoms with Crippen molar-refractivity contribution in [3.8, 4) is 0 Å². The second-order valence-corrected chi connectivity index (χ2v) is 13.6. The van der Waals surface area contributed by atoms with Gasteiger partial charge in [0.2, 0.25) is 11.8 Å². The molecule has 2 unspecified atom stereocenters. The van der Waals surface area contributed by atoms with Gasteiger partial charge >= 0.3 is 5.97 Å². The van der Waals surface area contributed by atoms with E-state index in [1.807, 2.05) is 30.0 Å². The lowest BCUT2D eigenvalue weighted by atomic mass is 9.70. The van der Waals surface area contributed by atoms with E-state index in [0.29, 0.717) is 32.2 Å². The van der Waals surface area contributed by atoms with E-state index >= 15 is 0 Å². The van der Waals surface area contributed by atoms with Gasteiger partial charge in [-0.25, -0.2) is 4.79 Å². The summed E-state index contributed by atoms with van der Waals surface area (Å²) in [6.07, 6.45) is 6.46. The summed E-state index contributed by atoms with van der Waals surface area (Å²) in [5, 5.41) is 3.03. The maximum atomic E-state index is 13.9. The summed E-state index contributed by atoms with van der Waals surface area (Å²) in [6, 6.07) is 9.40. The molecule has 2 heterocycles. The molecule has 2 saturated carbocycles. The summed E-state index contributed by atoms with van der Waals surface area (Å²) in [6.45, 7) is 9.97. The van der Waals surface area contributed by atoms with Crippen LogP contribution in [0.2, 0.25) is 0 Å². The van der Waals surface area contributed by atoms with Crippen molar-refractivity contribution in [2.75, 3.05) is 39.9 Å². The predicted octanol–water partition coefficient (Wildman–Crippen LogP) is 3.64.